The number of rotatable bonds is 5. The van der Waals surface area contributed by atoms with Crippen LogP contribution in [0, 0.1) is 0 Å². The topological polar surface area (TPSA) is 76.3 Å². The van der Waals surface area contributed by atoms with Crippen molar-refractivity contribution < 1.29 is 12.8 Å². The first-order valence-corrected chi connectivity index (χ1v) is 9.73. The van der Waals surface area contributed by atoms with Crippen LogP contribution < -0.4 is 0 Å². The molecular formula is C15H14ClN3O3S2. The lowest BCUT2D eigenvalue weighted by Crippen LogP contribution is -2.22. The summed E-state index contributed by atoms with van der Waals surface area (Å²) in [5.41, 5.74) is 1.91. The van der Waals surface area contributed by atoms with E-state index in [2.05, 4.69) is 9.97 Å². The molecule has 2 aromatic heterocycles. The van der Waals surface area contributed by atoms with Crippen molar-refractivity contribution in [1.29, 1.82) is 0 Å². The third-order valence-electron chi connectivity index (χ3n) is 3.31. The first-order valence-electron chi connectivity index (χ1n) is 6.93. The SMILES string of the molecule is CN(C)S(=O)(=O)c1ccc2oc(SCc3cccnc3Cl)nc2c1. The predicted molar refractivity (Wildman–Crippen MR) is 93.7 cm³/mol. The minimum absolute atomic E-state index is 0.181. The monoisotopic (exact) mass is 383 g/mol. The second-order valence-corrected chi connectivity index (χ2v) is 8.58. The summed E-state index contributed by atoms with van der Waals surface area (Å²) in [6.45, 7) is 0. The Balaban J connectivity index is 1.85. The Labute approximate surface area is 148 Å². The summed E-state index contributed by atoms with van der Waals surface area (Å²) in [6.07, 6.45) is 1.63. The van der Waals surface area contributed by atoms with Gasteiger partial charge in [0.05, 0.1) is 4.90 Å². The molecule has 0 N–H and O–H groups in total. The first-order chi connectivity index (χ1) is 11.4. The fraction of sp³-hybridized carbons (Fsp3) is 0.200. The largest absolute Gasteiger partial charge is 0.431 e. The van der Waals surface area contributed by atoms with E-state index in [0.29, 0.717) is 27.2 Å². The van der Waals surface area contributed by atoms with Crippen LogP contribution in [0.1, 0.15) is 5.56 Å². The van der Waals surface area contributed by atoms with Crippen molar-refractivity contribution in [2.24, 2.45) is 0 Å². The lowest BCUT2D eigenvalue weighted by atomic mass is 10.3. The molecule has 0 radical (unpaired) electrons. The molecule has 0 aliphatic carbocycles. The van der Waals surface area contributed by atoms with Gasteiger partial charge >= 0.3 is 0 Å². The Kier molecular flexibility index (Phi) is 4.82. The molecule has 0 amide bonds. The summed E-state index contributed by atoms with van der Waals surface area (Å²) in [7, 11) is -0.526. The van der Waals surface area contributed by atoms with Crippen molar-refractivity contribution in [1.82, 2.24) is 14.3 Å². The van der Waals surface area contributed by atoms with Crippen LogP contribution in [-0.4, -0.2) is 36.8 Å². The number of pyridine rings is 1. The van der Waals surface area contributed by atoms with E-state index in [-0.39, 0.29) is 4.90 Å². The molecular weight excluding hydrogens is 370 g/mol. The van der Waals surface area contributed by atoms with Gasteiger partial charge in [-0.15, -0.1) is 0 Å². The summed E-state index contributed by atoms with van der Waals surface area (Å²) >= 11 is 7.39. The highest BCUT2D eigenvalue weighted by atomic mass is 35.5. The van der Waals surface area contributed by atoms with Crippen LogP contribution in [-0.2, 0) is 15.8 Å². The smallest absolute Gasteiger partial charge is 0.257 e. The molecule has 0 saturated heterocycles. The molecule has 3 aromatic rings. The van der Waals surface area contributed by atoms with E-state index in [1.54, 1.807) is 12.3 Å². The maximum absolute atomic E-state index is 12.2. The molecule has 0 aliphatic rings. The zero-order valence-corrected chi connectivity index (χ0v) is 15.3. The lowest BCUT2D eigenvalue weighted by Gasteiger charge is -2.10. The second-order valence-electron chi connectivity index (χ2n) is 5.14. The first kappa shape index (κ1) is 17.2. The minimum Gasteiger partial charge on any atom is -0.431 e. The molecule has 0 fully saturated rings. The molecule has 9 heteroatoms. The number of nitrogens with zero attached hydrogens (tertiary/aromatic N) is 3. The number of fused-ring (bicyclic) bond motifs is 1. The number of benzene rings is 1. The molecule has 0 unspecified atom stereocenters. The van der Waals surface area contributed by atoms with E-state index in [1.807, 2.05) is 12.1 Å². The Morgan fingerprint density at radius 2 is 2.08 bits per heavy atom. The van der Waals surface area contributed by atoms with Gasteiger partial charge in [0.2, 0.25) is 10.0 Å². The number of halogens is 1. The Morgan fingerprint density at radius 1 is 1.29 bits per heavy atom. The number of hydrogen-bond acceptors (Lipinski definition) is 6. The van der Waals surface area contributed by atoms with Crippen molar-refractivity contribution in [3.05, 3.63) is 47.2 Å². The van der Waals surface area contributed by atoms with Crippen molar-refractivity contribution in [2.45, 2.75) is 15.9 Å². The van der Waals surface area contributed by atoms with Crippen molar-refractivity contribution in [3.8, 4) is 0 Å². The molecule has 126 valence electrons. The van der Waals surface area contributed by atoms with Gasteiger partial charge in [-0.2, -0.15) is 0 Å². The van der Waals surface area contributed by atoms with Crippen molar-refractivity contribution in [3.63, 3.8) is 0 Å². The molecule has 0 aliphatic heterocycles. The normalized spacial score (nSPS) is 12.2. The van der Waals surface area contributed by atoms with Gasteiger partial charge in [-0.3, -0.25) is 0 Å². The lowest BCUT2D eigenvalue weighted by molar-refractivity contribution is 0.489. The van der Waals surface area contributed by atoms with Gasteiger partial charge in [-0.1, -0.05) is 29.4 Å². The van der Waals surface area contributed by atoms with E-state index in [1.165, 1.54) is 38.0 Å². The van der Waals surface area contributed by atoms with Gasteiger partial charge in [-0.25, -0.2) is 22.7 Å². The predicted octanol–water partition coefficient (Wildman–Crippen LogP) is 3.42. The van der Waals surface area contributed by atoms with E-state index in [9.17, 15) is 8.42 Å². The minimum atomic E-state index is -3.50. The standard InChI is InChI=1S/C15H14ClN3O3S2/c1-19(2)24(20,21)11-5-6-13-12(8-11)18-15(22-13)23-9-10-4-3-7-17-14(10)16/h3-8H,9H2,1-2H3. The molecule has 2 heterocycles. The summed E-state index contributed by atoms with van der Waals surface area (Å²) in [5, 5.41) is 0.893. The van der Waals surface area contributed by atoms with E-state index >= 15 is 0 Å². The van der Waals surface area contributed by atoms with Crippen LogP contribution >= 0.6 is 23.4 Å². The van der Waals surface area contributed by atoms with E-state index < -0.39 is 10.0 Å². The second kappa shape index (κ2) is 6.72. The Morgan fingerprint density at radius 3 is 2.79 bits per heavy atom. The van der Waals surface area contributed by atoms with Gasteiger partial charge < -0.3 is 4.42 Å². The maximum atomic E-state index is 12.2. The number of aromatic nitrogens is 2. The summed E-state index contributed by atoms with van der Waals surface area (Å²) < 4.78 is 31.1. The van der Waals surface area contributed by atoms with Gasteiger partial charge in [0, 0.05) is 26.0 Å². The van der Waals surface area contributed by atoms with Crippen molar-refractivity contribution >= 4 is 44.5 Å². The van der Waals surface area contributed by atoms with Crippen LogP contribution in [0.5, 0.6) is 0 Å². The molecule has 24 heavy (non-hydrogen) atoms. The molecule has 1 aromatic carbocycles. The van der Waals surface area contributed by atoms with Gasteiger partial charge in [-0.05, 0) is 29.8 Å². The molecule has 6 nitrogen and oxygen atoms in total. The number of sulfonamides is 1. The van der Waals surface area contributed by atoms with Crippen LogP contribution in [0.15, 0.2) is 51.1 Å². The Hall–Kier alpha value is -1.61. The molecule has 0 spiro atoms. The summed E-state index contributed by atoms with van der Waals surface area (Å²) in [6, 6.07) is 8.32. The van der Waals surface area contributed by atoms with Crippen LogP contribution in [0.2, 0.25) is 5.15 Å². The third-order valence-corrected chi connectivity index (χ3v) is 6.33. The third kappa shape index (κ3) is 3.41. The summed E-state index contributed by atoms with van der Waals surface area (Å²) in [5.74, 6) is 0.558. The average Bonchev–Trinajstić information content (AvgIpc) is 2.95. The van der Waals surface area contributed by atoms with E-state index in [0.717, 1.165) is 9.87 Å². The fourth-order valence-electron chi connectivity index (χ4n) is 1.99. The van der Waals surface area contributed by atoms with Gasteiger partial charge in [0.15, 0.2) is 5.58 Å². The van der Waals surface area contributed by atoms with Crippen LogP contribution in [0.4, 0.5) is 0 Å². The highest BCUT2D eigenvalue weighted by molar-refractivity contribution is 7.98. The molecule has 0 bridgehead atoms. The maximum Gasteiger partial charge on any atom is 0.257 e. The van der Waals surface area contributed by atoms with Gasteiger partial charge in [0.25, 0.3) is 5.22 Å². The number of hydrogen-bond donors (Lipinski definition) is 0. The zero-order chi connectivity index (χ0) is 17.3. The number of oxazole rings is 1. The average molecular weight is 384 g/mol. The Bertz CT molecular complexity index is 987. The molecule has 0 atom stereocenters. The fourth-order valence-corrected chi connectivity index (χ4v) is 4.00. The zero-order valence-electron chi connectivity index (χ0n) is 12.9. The van der Waals surface area contributed by atoms with Crippen LogP contribution in [0.3, 0.4) is 0 Å². The highest BCUT2D eigenvalue weighted by Crippen LogP contribution is 2.29. The summed E-state index contributed by atoms with van der Waals surface area (Å²) in [4.78, 5) is 8.54. The van der Waals surface area contributed by atoms with Crippen molar-refractivity contribution in [2.75, 3.05) is 14.1 Å². The van der Waals surface area contributed by atoms with E-state index in [4.69, 9.17) is 16.0 Å². The number of thioether (sulfide) groups is 1. The quantitative estimate of drug-likeness (QED) is 0.496. The van der Waals surface area contributed by atoms with Crippen LogP contribution in [0.25, 0.3) is 11.1 Å². The molecule has 0 saturated carbocycles. The highest BCUT2D eigenvalue weighted by Gasteiger charge is 2.19. The van der Waals surface area contributed by atoms with Gasteiger partial charge in [0.1, 0.15) is 10.7 Å². The molecule has 3 rings (SSSR count).